The van der Waals surface area contributed by atoms with Gasteiger partial charge in [0.15, 0.2) is 11.5 Å². The van der Waals surface area contributed by atoms with Crippen molar-refractivity contribution in [1.82, 2.24) is 0 Å². The van der Waals surface area contributed by atoms with Crippen molar-refractivity contribution in [1.29, 1.82) is 5.26 Å². The van der Waals surface area contributed by atoms with Crippen LogP contribution in [0.1, 0.15) is 38.7 Å². The quantitative estimate of drug-likeness (QED) is 0.522. The molecule has 0 aliphatic carbocycles. The maximum atomic E-state index is 8.95. The van der Waals surface area contributed by atoms with Gasteiger partial charge in [-0.05, 0) is 39.2 Å². The van der Waals surface area contributed by atoms with E-state index in [0.29, 0.717) is 18.2 Å². The number of para-hydroxylation sites is 1. The summed E-state index contributed by atoms with van der Waals surface area (Å²) in [4.78, 5) is 0. The van der Waals surface area contributed by atoms with Crippen LogP contribution < -0.4 is 9.47 Å². The van der Waals surface area contributed by atoms with Crippen LogP contribution in [-0.4, -0.2) is 13.7 Å². The second-order valence-electron chi connectivity index (χ2n) is 5.38. The highest BCUT2D eigenvalue weighted by molar-refractivity contribution is 6.17. The summed E-state index contributed by atoms with van der Waals surface area (Å²) in [5.41, 5.74) is 0.675. The van der Waals surface area contributed by atoms with Gasteiger partial charge in [0.1, 0.15) is 0 Å². The van der Waals surface area contributed by atoms with E-state index in [2.05, 4.69) is 6.07 Å². The Kier molecular flexibility index (Phi) is 6.67. The van der Waals surface area contributed by atoms with Crippen molar-refractivity contribution in [3.63, 3.8) is 0 Å². The van der Waals surface area contributed by atoms with Gasteiger partial charge in [-0.3, -0.25) is 0 Å². The number of hydrogen-bond acceptors (Lipinski definition) is 3. The van der Waals surface area contributed by atoms with Crippen LogP contribution >= 0.6 is 11.6 Å². The Hall–Kier alpha value is -1.40. The molecule has 0 aliphatic rings. The predicted molar refractivity (Wildman–Crippen MR) is 81.3 cm³/mol. The molecule has 0 saturated heterocycles. The van der Waals surface area contributed by atoms with Gasteiger partial charge in [-0.25, -0.2) is 0 Å². The molecule has 3 nitrogen and oxygen atoms in total. The van der Waals surface area contributed by atoms with E-state index in [1.807, 2.05) is 32.0 Å². The van der Waals surface area contributed by atoms with E-state index in [9.17, 15) is 0 Å². The molecule has 1 rings (SSSR count). The Labute approximate surface area is 126 Å². The van der Waals surface area contributed by atoms with Gasteiger partial charge in [0.05, 0.1) is 31.1 Å². The highest BCUT2D eigenvalue weighted by atomic mass is 35.5. The number of nitriles is 1. The highest BCUT2D eigenvalue weighted by Crippen LogP contribution is 2.32. The average molecular weight is 296 g/mol. The first-order valence-electron chi connectivity index (χ1n) is 6.80. The predicted octanol–water partition coefficient (Wildman–Crippen LogP) is 4.53. The molecule has 0 fully saturated rings. The average Bonchev–Trinajstić information content (AvgIpc) is 2.46. The molecule has 0 aliphatic heterocycles. The number of rotatable bonds is 8. The van der Waals surface area contributed by atoms with E-state index in [4.69, 9.17) is 26.3 Å². The molecule has 0 heterocycles. The van der Waals surface area contributed by atoms with Crippen molar-refractivity contribution in [3.05, 3.63) is 23.8 Å². The molecule has 110 valence electrons. The molecule has 20 heavy (non-hydrogen) atoms. The van der Waals surface area contributed by atoms with Crippen molar-refractivity contribution in [2.75, 3.05) is 13.7 Å². The largest absolute Gasteiger partial charge is 0.493 e. The first kappa shape index (κ1) is 16.7. The number of hydrogen-bond donors (Lipinski definition) is 0. The lowest BCUT2D eigenvalue weighted by Gasteiger charge is -2.16. The number of nitrogens with zero attached hydrogens (tertiary/aromatic N) is 1. The Morgan fingerprint density at radius 1 is 1.30 bits per heavy atom. The summed E-state index contributed by atoms with van der Waals surface area (Å²) in [5.74, 6) is 1.83. The fourth-order valence-electron chi connectivity index (χ4n) is 1.89. The summed E-state index contributed by atoms with van der Waals surface area (Å²) in [6, 6.07) is 8.01. The standard InChI is InChI=1S/C16H22ClNO2/c1-16(2,12-18)9-4-5-10-20-15-13(11-17)7-6-8-14(15)19-3/h6-8H,4-5,9-11H2,1-3H3. The van der Waals surface area contributed by atoms with Gasteiger partial charge < -0.3 is 9.47 Å². The highest BCUT2D eigenvalue weighted by Gasteiger charge is 2.15. The third-order valence-corrected chi connectivity index (χ3v) is 3.46. The number of alkyl halides is 1. The van der Waals surface area contributed by atoms with Gasteiger partial charge in [0.2, 0.25) is 0 Å². The third-order valence-electron chi connectivity index (χ3n) is 3.17. The van der Waals surface area contributed by atoms with Crippen molar-refractivity contribution in [2.45, 2.75) is 39.0 Å². The van der Waals surface area contributed by atoms with Crippen molar-refractivity contribution in [3.8, 4) is 17.6 Å². The summed E-state index contributed by atoms with van der Waals surface area (Å²) < 4.78 is 11.1. The van der Waals surface area contributed by atoms with E-state index in [0.717, 1.165) is 30.6 Å². The summed E-state index contributed by atoms with van der Waals surface area (Å²) in [6.07, 6.45) is 2.75. The molecule has 4 heteroatoms. The molecule has 0 amide bonds. The Bertz CT molecular complexity index is 444. The van der Waals surface area contributed by atoms with Gasteiger partial charge >= 0.3 is 0 Å². The Morgan fingerprint density at radius 3 is 2.65 bits per heavy atom. The minimum atomic E-state index is -0.258. The smallest absolute Gasteiger partial charge is 0.165 e. The summed E-state index contributed by atoms with van der Waals surface area (Å²) in [7, 11) is 1.62. The second kappa shape index (κ2) is 8.01. The molecule has 0 atom stereocenters. The summed E-state index contributed by atoms with van der Waals surface area (Å²) in [6.45, 7) is 4.52. The van der Waals surface area contributed by atoms with E-state index in [1.54, 1.807) is 7.11 Å². The molecule has 0 aromatic heterocycles. The van der Waals surface area contributed by atoms with Crippen molar-refractivity contribution < 1.29 is 9.47 Å². The summed E-state index contributed by atoms with van der Waals surface area (Å²) in [5, 5.41) is 8.95. The minimum absolute atomic E-state index is 0.258. The van der Waals surface area contributed by atoms with E-state index >= 15 is 0 Å². The normalized spacial score (nSPS) is 10.9. The van der Waals surface area contributed by atoms with Crippen LogP contribution in [-0.2, 0) is 5.88 Å². The molecule has 0 radical (unpaired) electrons. The second-order valence-corrected chi connectivity index (χ2v) is 5.65. The Morgan fingerprint density at radius 2 is 2.05 bits per heavy atom. The monoisotopic (exact) mass is 295 g/mol. The molecule has 0 spiro atoms. The van der Waals surface area contributed by atoms with Gasteiger partial charge in [-0.2, -0.15) is 5.26 Å². The maximum absolute atomic E-state index is 8.95. The fraction of sp³-hybridized carbons (Fsp3) is 0.562. The molecule has 0 unspecified atom stereocenters. The first-order valence-corrected chi connectivity index (χ1v) is 7.33. The zero-order valence-corrected chi connectivity index (χ0v) is 13.2. The van der Waals surface area contributed by atoms with Crippen LogP contribution in [0.3, 0.4) is 0 Å². The van der Waals surface area contributed by atoms with Crippen LogP contribution in [0.2, 0.25) is 0 Å². The van der Waals surface area contributed by atoms with Crippen molar-refractivity contribution in [2.24, 2.45) is 5.41 Å². The van der Waals surface area contributed by atoms with Crippen LogP contribution in [0.15, 0.2) is 18.2 Å². The molecule has 0 N–H and O–H groups in total. The number of unbranched alkanes of at least 4 members (excludes halogenated alkanes) is 1. The van der Waals surface area contributed by atoms with Gasteiger partial charge in [-0.15, -0.1) is 11.6 Å². The third kappa shape index (κ3) is 4.94. The van der Waals surface area contributed by atoms with E-state index in [-0.39, 0.29) is 5.41 Å². The molecule has 0 bridgehead atoms. The van der Waals surface area contributed by atoms with Gasteiger partial charge in [0.25, 0.3) is 0 Å². The minimum Gasteiger partial charge on any atom is -0.493 e. The van der Waals surface area contributed by atoms with Crippen molar-refractivity contribution >= 4 is 11.6 Å². The van der Waals surface area contributed by atoms with E-state index in [1.165, 1.54) is 0 Å². The SMILES string of the molecule is COc1cccc(CCl)c1OCCCCC(C)(C)C#N. The number of halogens is 1. The van der Waals surface area contributed by atoms with Crippen LogP contribution in [0.25, 0.3) is 0 Å². The molecular formula is C16H22ClNO2. The lowest BCUT2D eigenvalue weighted by molar-refractivity contribution is 0.276. The molecule has 1 aromatic carbocycles. The van der Waals surface area contributed by atoms with Crippen LogP contribution in [0.5, 0.6) is 11.5 Å². The maximum Gasteiger partial charge on any atom is 0.165 e. The van der Waals surface area contributed by atoms with Gasteiger partial charge in [0, 0.05) is 5.56 Å². The van der Waals surface area contributed by atoms with Crippen LogP contribution in [0.4, 0.5) is 0 Å². The first-order chi connectivity index (χ1) is 9.54. The number of benzene rings is 1. The molecular weight excluding hydrogens is 274 g/mol. The van der Waals surface area contributed by atoms with E-state index < -0.39 is 0 Å². The topological polar surface area (TPSA) is 42.2 Å². The van der Waals surface area contributed by atoms with Gasteiger partial charge in [-0.1, -0.05) is 12.1 Å². The zero-order chi connectivity index (χ0) is 15.0. The number of methoxy groups -OCH3 is 1. The summed E-state index contributed by atoms with van der Waals surface area (Å²) >= 11 is 5.91. The molecule has 1 aromatic rings. The lowest BCUT2D eigenvalue weighted by atomic mass is 9.89. The molecule has 0 saturated carbocycles. The number of ether oxygens (including phenoxy) is 2. The Balaban J connectivity index is 2.48. The zero-order valence-electron chi connectivity index (χ0n) is 12.4. The fourth-order valence-corrected chi connectivity index (χ4v) is 2.10. The lowest BCUT2D eigenvalue weighted by Crippen LogP contribution is -2.08. The van der Waals surface area contributed by atoms with Crippen LogP contribution in [0, 0.1) is 16.7 Å².